The van der Waals surface area contributed by atoms with Gasteiger partial charge in [-0.1, -0.05) is 15.9 Å². The Hall–Kier alpha value is -0.780. The van der Waals surface area contributed by atoms with E-state index in [0.717, 1.165) is 10.6 Å². The summed E-state index contributed by atoms with van der Waals surface area (Å²) in [7, 11) is 0. The molecule has 2 rings (SSSR count). The van der Waals surface area contributed by atoms with E-state index in [-0.39, 0.29) is 5.82 Å². The molecule has 1 N–H and O–H groups in total. The number of aromatic nitrogens is 1. The molecule has 1 aromatic heterocycles. The molecular formula is C12H11BrFNOS. The maximum absolute atomic E-state index is 13.2. The van der Waals surface area contributed by atoms with Crippen molar-refractivity contribution in [2.24, 2.45) is 0 Å². The van der Waals surface area contributed by atoms with Crippen LogP contribution in [0.3, 0.4) is 0 Å². The summed E-state index contributed by atoms with van der Waals surface area (Å²) in [5.41, 5.74) is 1.39. The van der Waals surface area contributed by atoms with Crippen molar-refractivity contribution in [2.45, 2.75) is 19.4 Å². The first-order valence-corrected chi connectivity index (χ1v) is 6.77. The van der Waals surface area contributed by atoms with E-state index in [9.17, 15) is 9.50 Å². The van der Waals surface area contributed by atoms with Crippen LogP contribution < -0.4 is 0 Å². The Morgan fingerprint density at radius 3 is 2.82 bits per heavy atom. The number of halogens is 2. The SMILES string of the molecule is Cc1nc(C(O)Cc2cc(F)cc(Br)c2)cs1. The van der Waals surface area contributed by atoms with E-state index in [0.29, 0.717) is 16.6 Å². The number of aryl methyl sites for hydroxylation is 1. The summed E-state index contributed by atoms with van der Waals surface area (Å²) in [5, 5.41) is 12.7. The van der Waals surface area contributed by atoms with Crippen LogP contribution in [0.1, 0.15) is 22.4 Å². The second-order valence-electron chi connectivity index (χ2n) is 3.79. The van der Waals surface area contributed by atoms with Gasteiger partial charge in [0.05, 0.1) is 10.7 Å². The molecule has 0 saturated carbocycles. The first-order valence-electron chi connectivity index (χ1n) is 5.09. The van der Waals surface area contributed by atoms with Crippen molar-refractivity contribution in [1.29, 1.82) is 0 Å². The number of hydrogen-bond acceptors (Lipinski definition) is 3. The van der Waals surface area contributed by atoms with Crippen molar-refractivity contribution in [3.05, 3.63) is 50.1 Å². The molecule has 1 heterocycles. The van der Waals surface area contributed by atoms with Crippen LogP contribution in [0.15, 0.2) is 28.1 Å². The number of thiazole rings is 1. The molecule has 1 aromatic carbocycles. The summed E-state index contributed by atoms with van der Waals surface area (Å²) in [6.07, 6.45) is -0.326. The Morgan fingerprint density at radius 1 is 1.47 bits per heavy atom. The molecule has 2 aromatic rings. The highest BCUT2D eigenvalue weighted by molar-refractivity contribution is 9.10. The maximum atomic E-state index is 13.2. The van der Waals surface area contributed by atoms with Gasteiger partial charge < -0.3 is 5.11 Å². The average molecular weight is 316 g/mol. The van der Waals surface area contributed by atoms with Gasteiger partial charge in [0.1, 0.15) is 11.9 Å². The smallest absolute Gasteiger partial charge is 0.124 e. The summed E-state index contributed by atoms with van der Waals surface area (Å²) in [6, 6.07) is 4.61. The molecule has 0 aliphatic carbocycles. The van der Waals surface area contributed by atoms with E-state index in [1.54, 1.807) is 6.07 Å². The average Bonchev–Trinajstić information content (AvgIpc) is 2.63. The molecule has 0 spiro atoms. The van der Waals surface area contributed by atoms with Gasteiger partial charge in [-0.05, 0) is 30.7 Å². The van der Waals surface area contributed by atoms with E-state index in [1.165, 1.54) is 23.5 Å². The van der Waals surface area contributed by atoms with Crippen molar-refractivity contribution in [2.75, 3.05) is 0 Å². The number of nitrogens with zero attached hydrogens (tertiary/aromatic N) is 1. The molecule has 0 fully saturated rings. The number of rotatable bonds is 3. The Morgan fingerprint density at radius 2 is 2.24 bits per heavy atom. The van der Waals surface area contributed by atoms with Crippen molar-refractivity contribution in [3.8, 4) is 0 Å². The summed E-state index contributed by atoms with van der Waals surface area (Å²) in [6.45, 7) is 1.89. The molecule has 90 valence electrons. The van der Waals surface area contributed by atoms with Crippen molar-refractivity contribution in [3.63, 3.8) is 0 Å². The van der Waals surface area contributed by atoms with E-state index in [1.807, 2.05) is 12.3 Å². The molecular weight excluding hydrogens is 305 g/mol. The Balaban J connectivity index is 2.15. The Labute approximate surface area is 111 Å². The second-order valence-corrected chi connectivity index (χ2v) is 5.77. The highest BCUT2D eigenvalue weighted by atomic mass is 79.9. The van der Waals surface area contributed by atoms with Gasteiger partial charge in [0, 0.05) is 16.3 Å². The molecule has 17 heavy (non-hydrogen) atoms. The largest absolute Gasteiger partial charge is 0.386 e. The third-order valence-electron chi connectivity index (χ3n) is 2.33. The first-order chi connectivity index (χ1) is 8.04. The molecule has 1 atom stereocenters. The highest BCUT2D eigenvalue weighted by Crippen LogP contribution is 2.22. The fourth-order valence-electron chi connectivity index (χ4n) is 1.59. The van der Waals surface area contributed by atoms with E-state index < -0.39 is 6.10 Å². The number of hydrogen-bond donors (Lipinski definition) is 1. The third-order valence-corrected chi connectivity index (χ3v) is 3.58. The minimum Gasteiger partial charge on any atom is -0.386 e. The fraction of sp³-hybridized carbons (Fsp3) is 0.250. The normalized spacial score (nSPS) is 12.7. The van der Waals surface area contributed by atoms with Gasteiger partial charge in [-0.3, -0.25) is 0 Å². The number of aliphatic hydroxyl groups excluding tert-OH is 1. The van der Waals surface area contributed by atoms with Crippen molar-refractivity contribution in [1.82, 2.24) is 4.98 Å². The molecule has 0 bridgehead atoms. The Kier molecular flexibility index (Phi) is 3.91. The van der Waals surface area contributed by atoms with Gasteiger partial charge in [-0.25, -0.2) is 9.37 Å². The summed E-state index contributed by atoms with van der Waals surface area (Å²) < 4.78 is 13.8. The van der Waals surface area contributed by atoms with Crippen LogP contribution >= 0.6 is 27.3 Å². The molecule has 0 aliphatic rings. The lowest BCUT2D eigenvalue weighted by molar-refractivity contribution is 0.174. The van der Waals surface area contributed by atoms with Crippen molar-refractivity contribution < 1.29 is 9.50 Å². The van der Waals surface area contributed by atoms with Gasteiger partial charge in [0.15, 0.2) is 0 Å². The van der Waals surface area contributed by atoms with E-state index in [2.05, 4.69) is 20.9 Å². The zero-order valence-electron chi connectivity index (χ0n) is 9.15. The van der Waals surface area contributed by atoms with Crippen LogP contribution in [0.4, 0.5) is 4.39 Å². The van der Waals surface area contributed by atoms with Gasteiger partial charge in [0.2, 0.25) is 0 Å². The van der Waals surface area contributed by atoms with Gasteiger partial charge in [-0.15, -0.1) is 11.3 Å². The summed E-state index contributed by atoms with van der Waals surface area (Å²) >= 11 is 4.72. The standard InChI is InChI=1S/C12H11BrFNOS/c1-7-15-11(6-17-7)12(16)4-8-2-9(13)5-10(14)3-8/h2-3,5-6,12,16H,4H2,1H3. The fourth-order valence-corrected chi connectivity index (χ4v) is 2.76. The summed E-state index contributed by atoms with van der Waals surface area (Å²) in [4.78, 5) is 4.21. The molecule has 1 unspecified atom stereocenters. The molecule has 0 amide bonds. The minimum absolute atomic E-state index is 0.309. The molecule has 0 aliphatic heterocycles. The predicted octanol–water partition coefficient (Wildman–Crippen LogP) is 3.63. The van der Waals surface area contributed by atoms with Gasteiger partial charge in [-0.2, -0.15) is 0 Å². The quantitative estimate of drug-likeness (QED) is 0.938. The van der Waals surface area contributed by atoms with Crippen LogP contribution in [0.5, 0.6) is 0 Å². The van der Waals surface area contributed by atoms with Crippen LogP contribution in [0, 0.1) is 12.7 Å². The lowest BCUT2D eigenvalue weighted by atomic mass is 10.1. The monoisotopic (exact) mass is 315 g/mol. The van der Waals surface area contributed by atoms with Gasteiger partial charge >= 0.3 is 0 Å². The number of aliphatic hydroxyl groups is 1. The number of benzene rings is 1. The minimum atomic E-state index is -0.686. The van der Waals surface area contributed by atoms with Crippen LogP contribution in [0.2, 0.25) is 0 Å². The lowest BCUT2D eigenvalue weighted by Gasteiger charge is -2.08. The first kappa shape index (κ1) is 12.7. The molecule has 2 nitrogen and oxygen atoms in total. The zero-order valence-corrected chi connectivity index (χ0v) is 11.6. The van der Waals surface area contributed by atoms with Gasteiger partial charge in [0.25, 0.3) is 0 Å². The van der Waals surface area contributed by atoms with E-state index in [4.69, 9.17) is 0 Å². The lowest BCUT2D eigenvalue weighted by Crippen LogP contribution is -2.02. The van der Waals surface area contributed by atoms with Crippen molar-refractivity contribution >= 4 is 27.3 Å². The Bertz CT molecular complexity index is 509. The van der Waals surface area contributed by atoms with Crippen LogP contribution in [0.25, 0.3) is 0 Å². The molecule has 0 radical (unpaired) electrons. The molecule has 5 heteroatoms. The predicted molar refractivity (Wildman–Crippen MR) is 69.6 cm³/mol. The topological polar surface area (TPSA) is 33.1 Å². The third kappa shape index (κ3) is 3.34. The second kappa shape index (κ2) is 5.25. The summed E-state index contributed by atoms with van der Waals surface area (Å²) in [5.74, 6) is -0.309. The maximum Gasteiger partial charge on any atom is 0.124 e. The van der Waals surface area contributed by atoms with Crippen LogP contribution in [-0.4, -0.2) is 10.1 Å². The highest BCUT2D eigenvalue weighted by Gasteiger charge is 2.12. The zero-order chi connectivity index (χ0) is 12.4. The van der Waals surface area contributed by atoms with E-state index >= 15 is 0 Å². The molecule has 0 saturated heterocycles. The van der Waals surface area contributed by atoms with Crippen LogP contribution in [-0.2, 0) is 6.42 Å².